The van der Waals surface area contributed by atoms with E-state index in [2.05, 4.69) is 184 Å². The molecule has 12 atom stereocenters. The number of rotatable bonds is 16. The predicted molar refractivity (Wildman–Crippen MR) is 373 cm³/mol. The summed E-state index contributed by atoms with van der Waals surface area (Å²) in [7, 11) is 0. The van der Waals surface area contributed by atoms with Crippen LogP contribution in [0, 0.1) is 50.7 Å². The zero-order chi connectivity index (χ0) is 66.6. The van der Waals surface area contributed by atoms with Crippen molar-refractivity contribution in [2.24, 2.45) is 50.7 Å². The van der Waals surface area contributed by atoms with E-state index in [1.807, 2.05) is 0 Å². The first-order valence-electron chi connectivity index (χ1n) is 37.0. The highest BCUT2D eigenvalue weighted by atomic mass is 16.6. The molecule has 0 amide bonds. The van der Waals surface area contributed by atoms with E-state index in [1.165, 1.54) is 66.8 Å². The Bertz CT molecular complexity index is 3070. The van der Waals surface area contributed by atoms with E-state index < -0.39 is 27.1 Å². The molecule has 4 aromatic rings. The topological polar surface area (TPSA) is 105 Å². The quantitative estimate of drug-likeness (QED) is 0.0807. The fourth-order valence-electron chi connectivity index (χ4n) is 20.4. The number of hydrogen-bond donors (Lipinski definition) is 0. The van der Waals surface area contributed by atoms with Crippen molar-refractivity contribution in [2.75, 3.05) is 26.4 Å². The Kier molecular flexibility index (Phi) is 18.0. The summed E-state index contributed by atoms with van der Waals surface area (Å²) < 4.78 is 27.2. The normalized spacial score (nSPS) is 34.1. The molecule has 0 aliphatic heterocycles. The number of hydrogen-bond acceptors (Lipinski definition) is 8. The summed E-state index contributed by atoms with van der Waals surface area (Å²) in [6.45, 7) is 35.0. The molecule has 8 heteroatoms. The first-order valence-corrected chi connectivity index (χ1v) is 37.0. The van der Waals surface area contributed by atoms with Crippen molar-refractivity contribution in [3.8, 4) is 0 Å². The molecule has 8 aliphatic rings. The lowest BCUT2D eigenvalue weighted by Crippen LogP contribution is -2.52. The van der Waals surface area contributed by atoms with Gasteiger partial charge in [0.1, 0.15) is 31.8 Å². The van der Waals surface area contributed by atoms with Crippen LogP contribution >= 0.6 is 0 Å². The van der Waals surface area contributed by atoms with E-state index in [-0.39, 0.29) is 95.6 Å². The van der Waals surface area contributed by atoms with Crippen LogP contribution in [0.5, 0.6) is 0 Å². The molecule has 0 aromatic heterocycles. The van der Waals surface area contributed by atoms with E-state index in [0.717, 1.165) is 77.0 Å². The van der Waals surface area contributed by atoms with Gasteiger partial charge in [-0.1, -0.05) is 156 Å². The number of benzene rings is 4. The van der Waals surface area contributed by atoms with Crippen molar-refractivity contribution in [3.63, 3.8) is 0 Å². The highest BCUT2D eigenvalue weighted by Gasteiger charge is 2.57. The van der Waals surface area contributed by atoms with Gasteiger partial charge in [0.2, 0.25) is 0 Å². The average Bonchev–Trinajstić information content (AvgIpc) is 0.760. The summed E-state index contributed by atoms with van der Waals surface area (Å²) in [4.78, 5) is 61.5. The highest BCUT2D eigenvalue weighted by molar-refractivity contribution is 5.79. The Balaban J connectivity index is 0.839. The van der Waals surface area contributed by atoms with Crippen molar-refractivity contribution in [1.29, 1.82) is 0 Å². The van der Waals surface area contributed by atoms with Crippen LogP contribution in [0.3, 0.4) is 0 Å². The fraction of sp³-hybridized carbons (Fsp3) is 0.671. The second-order valence-electron chi connectivity index (χ2n) is 35.8. The molecule has 504 valence electrons. The van der Waals surface area contributed by atoms with Crippen LogP contribution in [0.1, 0.15) is 304 Å². The van der Waals surface area contributed by atoms with E-state index in [4.69, 9.17) is 18.9 Å². The lowest BCUT2D eigenvalue weighted by Gasteiger charge is -2.52. The van der Waals surface area contributed by atoms with Crippen LogP contribution in [0.15, 0.2) is 72.8 Å². The summed E-state index contributed by atoms with van der Waals surface area (Å²) in [5.74, 6) is 1.73. The zero-order valence-corrected chi connectivity index (χ0v) is 60.3. The van der Waals surface area contributed by atoms with E-state index >= 15 is 19.2 Å². The molecular formula is C85H116O8. The minimum absolute atomic E-state index is 0.0653. The van der Waals surface area contributed by atoms with Crippen molar-refractivity contribution in [2.45, 2.75) is 285 Å². The van der Waals surface area contributed by atoms with Crippen LogP contribution in [0.2, 0.25) is 0 Å². The zero-order valence-electron chi connectivity index (χ0n) is 60.3. The smallest absolute Gasteiger partial charge is 0.311 e. The molecule has 4 aromatic carbocycles. The summed E-state index contributed by atoms with van der Waals surface area (Å²) in [6, 6.07) is 28.4. The summed E-state index contributed by atoms with van der Waals surface area (Å²) in [6.07, 6.45) is 16.7. The maximum Gasteiger partial charge on any atom is 0.311 e. The van der Waals surface area contributed by atoms with Gasteiger partial charge in [-0.15, -0.1) is 0 Å². The second-order valence-corrected chi connectivity index (χ2v) is 35.8. The molecule has 0 N–H and O–H groups in total. The predicted octanol–water partition coefficient (Wildman–Crippen LogP) is 19.5. The van der Waals surface area contributed by atoms with Gasteiger partial charge in [-0.25, -0.2) is 0 Å². The van der Waals surface area contributed by atoms with Crippen molar-refractivity contribution >= 4 is 23.9 Å². The van der Waals surface area contributed by atoms with E-state index in [9.17, 15) is 0 Å². The molecule has 4 fully saturated rings. The van der Waals surface area contributed by atoms with Gasteiger partial charge in [0.05, 0.1) is 21.7 Å². The van der Waals surface area contributed by atoms with Crippen LogP contribution in [-0.4, -0.2) is 50.3 Å². The SMILES string of the molecule is CC(C)c1ccc2c(c1)CCC1CC(C)(C(=O)OCC(COC(=O)C3(C)CCC4(C)c5ccc(C(C)C)cc5CCC4C3)(COC(=O)C3(C)CCC4(C)c5ccc(C(C)C)cc5CCC4C3)COC(=O)C3(C)CCC4(C)c5ccc(C(C)C)cc5CCC4C3)CCC21C. The third-order valence-electron chi connectivity index (χ3n) is 27.9. The van der Waals surface area contributed by atoms with Crippen LogP contribution in [0.25, 0.3) is 0 Å². The minimum atomic E-state index is -1.42. The third kappa shape index (κ3) is 12.1. The van der Waals surface area contributed by atoms with Crippen LogP contribution in [0.4, 0.5) is 0 Å². The summed E-state index contributed by atoms with van der Waals surface area (Å²) >= 11 is 0. The van der Waals surface area contributed by atoms with Crippen molar-refractivity contribution in [1.82, 2.24) is 0 Å². The standard InChI is InChI=1S/C85H116O8/c1-53(2)57-21-29-69-61(41-57)17-25-65-45-77(9,33-37-81(65,69)13)73(86)90-49-85(50-91-74(87)78(10)34-38-82(14)66(46-78)26-18-62-42-58(54(3)4)22-30-70(62)82,51-92-75(88)79(11)35-39-83(15)67(47-79)27-19-63-43-59(55(5)6)23-31-71(63)83)52-93-76(89)80(12)36-40-84(16)68(48-80)28-20-64-44-60(56(7)8)24-32-72(64)84/h21-24,29-32,41-44,53-56,65-68H,17-20,25-28,33-40,45-52H2,1-16H3. The fourth-order valence-corrected chi connectivity index (χ4v) is 20.4. The van der Waals surface area contributed by atoms with Gasteiger partial charge in [0.15, 0.2) is 0 Å². The van der Waals surface area contributed by atoms with Crippen molar-refractivity contribution < 1.29 is 38.1 Å². The Hall–Kier alpha value is -5.24. The largest absolute Gasteiger partial charge is 0.464 e. The first kappa shape index (κ1) is 67.7. The number of ether oxygens (including phenoxy) is 4. The van der Waals surface area contributed by atoms with E-state index in [1.54, 1.807) is 0 Å². The maximum absolute atomic E-state index is 15.4. The molecular weight excluding hydrogens is 1150 g/mol. The maximum atomic E-state index is 15.4. The average molecular weight is 1270 g/mol. The van der Waals surface area contributed by atoms with Gasteiger partial charge in [0, 0.05) is 0 Å². The van der Waals surface area contributed by atoms with Gasteiger partial charge in [-0.05, 0) is 292 Å². The number of aryl methyl sites for hydroxylation is 4. The van der Waals surface area contributed by atoms with Gasteiger partial charge in [-0.2, -0.15) is 0 Å². The number of esters is 4. The molecule has 0 radical (unpaired) electrons. The molecule has 0 saturated heterocycles. The third-order valence-corrected chi connectivity index (χ3v) is 27.9. The van der Waals surface area contributed by atoms with Crippen LogP contribution in [-0.2, 0) is 85.5 Å². The minimum Gasteiger partial charge on any atom is -0.464 e. The Morgan fingerprint density at radius 1 is 0.344 bits per heavy atom. The Morgan fingerprint density at radius 2 is 0.548 bits per heavy atom. The molecule has 12 unspecified atom stereocenters. The second kappa shape index (κ2) is 24.7. The van der Waals surface area contributed by atoms with Crippen molar-refractivity contribution in [3.05, 3.63) is 140 Å². The highest BCUT2D eigenvalue weighted by Crippen LogP contribution is 2.60. The number of carbonyl (C=O) groups is 4. The van der Waals surface area contributed by atoms with Gasteiger partial charge < -0.3 is 18.9 Å². The van der Waals surface area contributed by atoms with Gasteiger partial charge >= 0.3 is 23.9 Å². The molecule has 8 nitrogen and oxygen atoms in total. The Morgan fingerprint density at radius 3 is 0.742 bits per heavy atom. The molecule has 0 bridgehead atoms. The summed E-state index contributed by atoms with van der Waals surface area (Å²) in [5.41, 5.74) is 12.1. The molecule has 4 saturated carbocycles. The molecule has 12 rings (SSSR count). The van der Waals surface area contributed by atoms with Crippen LogP contribution < -0.4 is 0 Å². The molecule has 93 heavy (non-hydrogen) atoms. The van der Waals surface area contributed by atoms with E-state index in [0.29, 0.717) is 75.0 Å². The lowest BCUT2D eigenvalue weighted by molar-refractivity contribution is -0.187. The molecule has 0 heterocycles. The van der Waals surface area contributed by atoms with Gasteiger partial charge in [-0.3, -0.25) is 19.2 Å². The molecule has 8 aliphatic carbocycles. The summed E-state index contributed by atoms with van der Waals surface area (Å²) in [5, 5.41) is 0. The number of fused-ring (bicyclic) bond motifs is 12. The lowest BCUT2D eigenvalue weighted by atomic mass is 9.53. The Labute approximate surface area is 560 Å². The molecule has 0 spiro atoms. The monoisotopic (exact) mass is 1260 g/mol. The van der Waals surface area contributed by atoms with Gasteiger partial charge in [0.25, 0.3) is 0 Å². The first-order chi connectivity index (χ1) is 43.8. The number of carbonyl (C=O) groups excluding carboxylic acids is 4.